The third kappa shape index (κ3) is 2.16. The van der Waals surface area contributed by atoms with Gasteiger partial charge in [-0.2, -0.15) is 0 Å². The highest BCUT2D eigenvalue weighted by atomic mass is 16.5. The summed E-state index contributed by atoms with van der Waals surface area (Å²) < 4.78 is 4.90. The fourth-order valence-corrected chi connectivity index (χ4v) is 2.81. The van der Waals surface area contributed by atoms with Crippen LogP contribution in [0.2, 0.25) is 0 Å². The number of nitrogens with zero attached hydrogens (tertiary/aromatic N) is 1. The van der Waals surface area contributed by atoms with E-state index in [2.05, 4.69) is 4.90 Å². The molecule has 0 aromatic heterocycles. The monoisotopic (exact) mass is 213 g/mol. The molecule has 1 atom stereocenters. The summed E-state index contributed by atoms with van der Waals surface area (Å²) in [7, 11) is 0. The summed E-state index contributed by atoms with van der Waals surface area (Å²) in [6.07, 6.45) is 2.17. The Morgan fingerprint density at radius 1 is 1.53 bits per heavy atom. The van der Waals surface area contributed by atoms with Gasteiger partial charge in [0.05, 0.1) is 18.6 Å². The molecule has 86 valence electrons. The number of hydrogen-bond acceptors (Lipinski definition) is 4. The van der Waals surface area contributed by atoms with Crippen molar-refractivity contribution in [2.45, 2.75) is 31.8 Å². The summed E-state index contributed by atoms with van der Waals surface area (Å²) in [5.41, 5.74) is -0.831. The molecule has 3 aliphatic rings. The van der Waals surface area contributed by atoms with Crippen LogP contribution in [0.3, 0.4) is 0 Å². The predicted octanol–water partition coefficient (Wildman–Crippen LogP) is 0.396. The van der Waals surface area contributed by atoms with Crippen molar-refractivity contribution in [3.05, 3.63) is 0 Å². The Morgan fingerprint density at radius 2 is 2.20 bits per heavy atom. The lowest BCUT2D eigenvalue weighted by Crippen LogP contribution is -2.59. The van der Waals surface area contributed by atoms with Crippen molar-refractivity contribution in [1.29, 1.82) is 0 Å². The first kappa shape index (κ1) is 10.9. The van der Waals surface area contributed by atoms with Gasteiger partial charge in [0.15, 0.2) is 0 Å². The largest absolute Gasteiger partial charge is 0.466 e. The normalized spacial score (nSPS) is 39.1. The van der Waals surface area contributed by atoms with Gasteiger partial charge in [-0.3, -0.25) is 4.79 Å². The topological polar surface area (TPSA) is 49.8 Å². The lowest BCUT2D eigenvalue weighted by molar-refractivity contribution is -0.161. The maximum absolute atomic E-state index is 11.4. The van der Waals surface area contributed by atoms with Crippen LogP contribution < -0.4 is 0 Å². The van der Waals surface area contributed by atoms with Gasteiger partial charge in [-0.1, -0.05) is 0 Å². The molecule has 4 nitrogen and oxygen atoms in total. The van der Waals surface area contributed by atoms with E-state index in [0.29, 0.717) is 13.2 Å². The zero-order chi connectivity index (χ0) is 10.9. The van der Waals surface area contributed by atoms with Crippen molar-refractivity contribution in [3.8, 4) is 0 Å². The molecule has 15 heavy (non-hydrogen) atoms. The zero-order valence-corrected chi connectivity index (χ0v) is 9.24. The van der Waals surface area contributed by atoms with Gasteiger partial charge in [0, 0.05) is 6.54 Å². The molecule has 3 aliphatic heterocycles. The minimum absolute atomic E-state index is 0.155. The third-order valence-corrected chi connectivity index (χ3v) is 3.60. The van der Waals surface area contributed by atoms with E-state index in [0.717, 1.165) is 25.9 Å². The first-order valence-electron chi connectivity index (χ1n) is 5.74. The smallest absolute Gasteiger partial charge is 0.308 e. The third-order valence-electron chi connectivity index (χ3n) is 3.60. The van der Waals surface area contributed by atoms with E-state index in [9.17, 15) is 9.90 Å². The maximum Gasteiger partial charge on any atom is 0.308 e. The molecule has 3 rings (SSSR count). The molecule has 0 spiro atoms. The number of ether oxygens (including phenoxy) is 1. The van der Waals surface area contributed by atoms with E-state index in [1.807, 2.05) is 0 Å². The molecule has 0 radical (unpaired) electrons. The fourth-order valence-electron chi connectivity index (χ4n) is 2.81. The van der Waals surface area contributed by atoms with Crippen LogP contribution >= 0.6 is 0 Å². The lowest BCUT2D eigenvalue weighted by atomic mass is 9.74. The zero-order valence-electron chi connectivity index (χ0n) is 9.24. The van der Waals surface area contributed by atoms with Gasteiger partial charge in [0.25, 0.3) is 0 Å². The quantitative estimate of drug-likeness (QED) is 0.689. The Bertz CT molecular complexity index is 248. The van der Waals surface area contributed by atoms with Crippen molar-refractivity contribution in [2.24, 2.45) is 5.92 Å². The molecule has 1 N–H and O–H groups in total. The minimum Gasteiger partial charge on any atom is -0.466 e. The number of esters is 1. The molecule has 3 saturated heterocycles. The highest BCUT2D eigenvalue weighted by Crippen LogP contribution is 2.37. The van der Waals surface area contributed by atoms with Crippen molar-refractivity contribution in [1.82, 2.24) is 4.90 Å². The SMILES string of the molecule is CCOC(=O)CC1(O)CN2CCC1CC2. The van der Waals surface area contributed by atoms with Crippen LogP contribution in [0.25, 0.3) is 0 Å². The van der Waals surface area contributed by atoms with Gasteiger partial charge in [-0.05, 0) is 38.8 Å². The standard InChI is InChI=1S/C11H19NO3/c1-2-15-10(13)7-11(14)8-12-5-3-9(11)4-6-12/h9,14H,2-8H2,1H3. The van der Waals surface area contributed by atoms with Gasteiger partial charge >= 0.3 is 5.97 Å². The van der Waals surface area contributed by atoms with Crippen molar-refractivity contribution in [3.63, 3.8) is 0 Å². The Labute approximate surface area is 90.2 Å². The first-order chi connectivity index (χ1) is 7.14. The van der Waals surface area contributed by atoms with Crippen LogP contribution in [-0.4, -0.2) is 47.8 Å². The lowest BCUT2D eigenvalue weighted by Gasteiger charge is -2.50. The molecule has 4 heteroatoms. The second-order valence-electron chi connectivity index (χ2n) is 4.64. The van der Waals surface area contributed by atoms with Crippen molar-refractivity contribution >= 4 is 5.97 Å². The predicted molar refractivity (Wildman–Crippen MR) is 55.4 cm³/mol. The number of carbonyl (C=O) groups excluding carboxylic acids is 1. The Balaban J connectivity index is 1.97. The molecule has 3 fully saturated rings. The second kappa shape index (κ2) is 4.10. The van der Waals surface area contributed by atoms with Crippen LogP contribution in [0.4, 0.5) is 0 Å². The van der Waals surface area contributed by atoms with E-state index in [1.165, 1.54) is 0 Å². The highest BCUT2D eigenvalue weighted by molar-refractivity contribution is 5.70. The number of carbonyl (C=O) groups is 1. The molecular formula is C11H19NO3. The Kier molecular flexibility index (Phi) is 2.98. The molecule has 1 unspecified atom stereocenters. The van der Waals surface area contributed by atoms with Gasteiger partial charge in [-0.25, -0.2) is 0 Å². The fraction of sp³-hybridized carbons (Fsp3) is 0.909. The molecule has 0 aliphatic carbocycles. The molecular weight excluding hydrogens is 194 g/mol. The molecule has 0 aromatic rings. The van der Waals surface area contributed by atoms with Gasteiger partial charge in [-0.15, -0.1) is 0 Å². The van der Waals surface area contributed by atoms with Crippen molar-refractivity contribution < 1.29 is 14.6 Å². The van der Waals surface area contributed by atoms with Crippen LogP contribution in [0, 0.1) is 5.92 Å². The number of fused-ring (bicyclic) bond motifs is 3. The minimum atomic E-state index is -0.831. The Hall–Kier alpha value is -0.610. The second-order valence-corrected chi connectivity index (χ2v) is 4.64. The van der Waals surface area contributed by atoms with Crippen LogP contribution in [0.1, 0.15) is 26.2 Å². The summed E-state index contributed by atoms with van der Waals surface area (Å²) in [5, 5.41) is 10.4. The average Bonchev–Trinajstić information content (AvgIpc) is 2.18. The van der Waals surface area contributed by atoms with Crippen LogP contribution in [0.5, 0.6) is 0 Å². The van der Waals surface area contributed by atoms with Gasteiger partial charge in [0.2, 0.25) is 0 Å². The number of aliphatic hydroxyl groups is 1. The van der Waals surface area contributed by atoms with E-state index in [1.54, 1.807) is 6.92 Å². The number of rotatable bonds is 3. The van der Waals surface area contributed by atoms with Crippen molar-refractivity contribution in [2.75, 3.05) is 26.2 Å². The van der Waals surface area contributed by atoms with Crippen LogP contribution in [-0.2, 0) is 9.53 Å². The van der Waals surface area contributed by atoms with Gasteiger partial charge < -0.3 is 14.7 Å². The van der Waals surface area contributed by atoms with E-state index < -0.39 is 5.60 Å². The molecule has 2 bridgehead atoms. The summed E-state index contributed by atoms with van der Waals surface area (Å²) in [4.78, 5) is 13.6. The summed E-state index contributed by atoms with van der Waals surface area (Å²) in [6, 6.07) is 0. The summed E-state index contributed by atoms with van der Waals surface area (Å²) >= 11 is 0. The van der Waals surface area contributed by atoms with E-state index in [-0.39, 0.29) is 18.3 Å². The maximum atomic E-state index is 11.4. The molecule has 0 saturated carbocycles. The van der Waals surface area contributed by atoms with Gasteiger partial charge in [0.1, 0.15) is 0 Å². The molecule has 3 heterocycles. The Morgan fingerprint density at radius 3 is 2.67 bits per heavy atom. The average molecular weight is 213 g/mol. The molecule has 0 amide bonds. The van der Waals surface area contributed by atoms with E-state index >= 15 is 0 Å². The van der Waals surface area contributed by atoms with E-state index in [4.69, 9.17) is 4.74 Å². The highest BCUT2D eigenvalue weighted by Gasteiger charge is 2.46. The van der Waals surface area contributed by atoms with Crippen LogP contribution in [0.15, 0.2) is 0 Å². The summed E-state index contributed by atoms with van der Waals surface area (Å²) in [5.74, 6) is 0.0145. The number of piperidine rings is 3. The molecule has 0 aromatic carbocycles. The summed E-state index contributed by atoms with van der Waals surface area (Å²) in [6.45, 7) is 4.95. The number of hydrogen-bond donors (Lipinski definition) is 1. The first-order valence-corrected chi connectivity index (χ1v) is 5.74.